The van der Waals surface area contributed by atoms with Crippen molar-refractivity contribution in [2.45, 2.75) is 52.1 Å². The minimum Gasteiger partial charge on any atom is -0.354 e. The number of halogens is 1. The van der Waals surface area contributed by atoms with Crippen molar-refractivity contribution in [1.82, 2.24) is 10.2 Å². The van der Waals surface area contributed by atoms with Crippen LogP contribution < -0.4 is 9.62 Å². The summed E-state index contributed by atoms with van der Waals surface area (Å²) in [5.41, 5.74) is 2.34. The molecule has 0 fully saturated rings. The van der Waals surface area contributed by atoms with Crippen molar-refractivity contribution in [1.29, 1.82) is 0 Å². The molecular weight excluding hydrogens is 517 g/mol. The highest BCUT2D eigenvalue weighted by molar-refractivity contribution is 7.92. The smallest absolute Gasteiger partial charge is 0.264 e. The fraction of sp³-hybridized carbons (Fsp3) is 0.333. The fourth-order valence-corrected chi connectivity index (χ4v) is 5.34. The normalized spacial score (nSPS) is 12.2. The number of hydrogen-bond acceptors (Lipinski definition) is 4. The molecule has 39 heavy (non-hydrogen) atoms. The molecule has 0 aliphatic heterocycles. The van der Waals surface area contributed by atoms with E-state index >= 15 is 0 Å². The molecule has 0 spiro atoms. The maximum absolute atomic E-state index is 14.6. The van der Waals surface area contributed by atoms with Crippen LogP contribution in [-0.2, 0) is 26.2 Å². The van der Waals surface area contributed by atoms with Gasteiger partial charge in [-0.2, -0.15) is 0 Å². The van der Waals surface area contributed by atoms with Gasteiger partial charge in [0.05, 0.1) is 10.6 Å². The molecule has 0 radical (unpaired) electrons. The second kappa shape index (κ2) is 12.9. The Balaban J connectivity index is 2.01. The zero-order chi connectivity index (χ0) is 28.7. The number of sulfonamides is 1. The molecule has 208 valence electrons. The molecule has 3 rings (SSSR count). The van der Waals surface area contributed by atoms with Gasteiger partial charge in [-0.15, -0.1) is 0 Å². The highest BCUT2D eigenvalue weighted by Gasteiger charge is 2.32. The van der Waals surface area contributed by atoms with E-state index in [1.54, 1.807) is 49.4 Å². The third-order valence-corrected chi connectivity index (χ3v) is 8.15. The molecule has 2 amide bonds. The Hall–Kier alpha value is -3.72. The van der Waals surface area contributed by atoms with Crippen molar-refractivity contribution in [3.8, 4) is 0 Å². The summed E-state index contributed by atoms with van der Waals surface area (Å²) in [6.07, 6.45) is 0. The Morgan fingerprint density at radius 1 is 0.872 bits per heavy atom. The molecule has 3 aromatic rings. The lowest BCUT2D eigenvalue weighted by Crippen LogP contribution is -2.51. The van der Waals surface area contributed by atoms with E-state index in [1.165, 1.54) is 35.2 Å². The molecule has 0 aliphatic rings. The van der Waals surface area contributed by atoms with Crippen LogP contribution in [0.25, 0.3) is 0 Å². The van der Waals surface area contributed by atoms with Gasteiger partial charge in [-0.25, -0.2) is 12.8 Å². The molecule has 1 N–H and O–H groups in total. The van der Waals surface area contributed by atoms with Crippen LogP contribution in [0.3, 0.4) is 0 Å². The van der Waals surface area contributed by atoms with Gasteiger partial charge in [-0.1, -0.05) is 67.4 Å². The molecule has 9 heteroatoms. The quantitative estimate of drug-likeness (QED) is 0.369. The maximum atomic E-state index is 14.6. The van der Waals surface area contributed by atoms with E-state index in [9.17, 15) is 22.4 Å². The largest absolute Gasteiger partial charge is 0.354 e. The zero-order valence-electron chi connectivity index (χ0n) is 23.0. The van der Waals surface area contributed by atoms with Crippen LogP contribution in [0.2, 0.25) is 0 Å². The van der Waals surface area contributed by atoms with Gasteiger partial charge >= 0.3 is 0 Å². The van der Waals surface area contributed by atoms with Crippen LogP contribution >= 0.6 is 0 Å². The van der Waals surface area contributed by atoms with E-state index in [-0.39, 0.29) is 22.9 Å². The number of anilines is 1. The molecule has 1 unspecified atom stereocenters. The van der Waals surface area contributed by atoms with E-state index in [0.717, 1.165) is 15.4 Å². The Morgan fingerprint density at radius 2 is 1.44 bits per heavy atom. The van der Waals surface area contributed by atoms with Crippen LogP contribution in [-0.4, -0.2) is 44.3 Å². The standard InChI is InChI=1S/C30H36FN3O4S/c1-21(2)18-32-30(36)24(5)33(19-25-8-6-7-9-28(25)31)29(35)20-34(26-14-10-22(3)11-15-26)39(37,38)27-16-12-23(4)13-17-27/h6-17,21,24H,18-20H2,1-5H3,(H,32,36). The summed E-state index contributed by atoms with van der Waals surface area (Å²) >= 11 is 0. The highest BCUT2D eigenvalue weighted by atomic mass is 32.2. The van der Waals surface area contributed by atoms with E-state index in [1.807, 2.05) is 27.7 Å². The highest BCUT2D eigenvalue weighted by Crippen LogP contribution is 2.25. The average Bonchev–Trinajstić information content (AvgIpc) is 2.90. The van der Waals surface area contributed by atoms with Crippen molar-refractivity contribution in [3.05, 3.63) is 95.3 Å². The molecule has 0 saturated heterocycles. The topological polar surface area (TPSA) is 86.8 Å². The summed E-state index contributed by atoms with van der Waals surface area (Å²) in [7, 11) is -4.15. The monoisotopic (exact) mass is 553 g/mol. The third-order valence-electron chi connectivity index (χ3n) is 6.36. The summed E-state index contributed by atoms with van der Waals surface area (Å²) in [5.74, 6) is -1.38. The van der Waals surface area contributed by atoms with Crippen molar-refractivity contribution >= 4 is 27.5 Å². The first-order valence-corrected chi connectivity index (χ1v) is 14.3. The van der Waals surface area contributed by atoms with Gasteiger partial charge in [0.1, 0.15) is 18.4 Å². The van der Waals surface area contributed by atoms with E-state index < -0.39 is 40.2 Å². The molecule has 1 atom stereocenters. The summed E-state index contributed by atoms with van der Waals surface area (Å²) < 4.78 is 43.2. The number of benzene rings is 3. The van der Waals surface area contributed by atoms with E-state index in [0.29, 0.717) is 12.2 Å². The Labute approximate surface area is 230 Å². The van der Waals surface area contributed by atoms with E-state index in [2.05, 4.69) is 5.32 Å². The summed E-state index contributed by atoms with van der Waals surface area (Å²) in [6, 6.07) is 18.2. The van der Waals surface area contributed by atoms with Gasteiger partial charge in [0, 0.05) is 18.7 Å². The number of amides is 2. The Morgan fingerprint density at radius 3 is 2.00 bits per heavy atom. The first-order chi connectivity index (χ1) is 18.4. The molecule has 0 heterocycles. The van der Waals surface area contributed by atoms with Gasteiger partial charge in [-0.05, 0) is 57.0 Å². The SMILES string of the molecule is Cc1ccc(N(CC(=O)N(Cc2ccccc2F)C(C)C(=O)NCC(C)C)S(=O)(=O)c2ccc(C)cc2)cc1. The molecular formula is C30H36FN3O4S. The Bertz CT molecular complexity index is 1390. The van der Waals surface area contributed by atoms with Gasteiger partial charge in [0.15, 0.2) is 0 Å². The molecule has 0 saturated carbocycles. The van der Waals surface area contributed by atoms with Crippen LogP contribution in [0.15, 0.2) is 77.7 Å². The molecule has 0 aliphatic carbocycles. The number of rotatable bonds is 11. The lowest BCUT2D eigenvalue weighted by molar-refractivity contribution is -0.139. The summed E-state index contributed by atoms with van der Waals surface area (Å²) in [6.45, 7) is 8.81. The van der Waals surface area contributed by atoms with Crippen LogP contribution in [0, 0.1) is 25.6 Å². The minimum atomic E-state index is -4.15. The first kappa shape index (κ1) is 29.8. The van der Waals surface area contributed by atoms with Gasteiger partial charge in [-0.3, -0.25) is 13.9 Å². The van der Waals surface area contributed by atoms with Crippen molar-refractivity contribution in [2.75, 3.05) is 17.4 Å². The fourth-order valence-electron chi connectivity index (χ4n) is 3.92. The van der Waals surface area contributed by atoms with E-state index in [4.69, 9.17) is 0 Å². The lowest BCUT2D eigenvalue weighted by Gasteiger charge is -2.32. The number of hydrogen-bond donors (Lipinski definition) is 1. The van der Waals surface area contributed by atoms with Crippen molar-refractivity contribution in [2.24, 2.45) is 5.92 Å². The third kappa shape index (κ3) is 7.66. The van der Waals surface area contributed by atoms with Crippen LogP contribution in [0.4, 0.5) is 10.1 Å². The van der Waals surface area contributed by atoms with Crippen LogP contribution in [0.1, 0.15) is 37.5 Å². The lowest BCUT2D eigenvalue weighted by atomic mass is 10.1. The second-order valence-corrected chi connectivity index (χ2v) is 12.0. The number of carbonyl (C=O) groups is 2. The number of nitrogens with one attached hydrogen (secondary N) is 1. The van der Waals surface area contributed by atoms with Gasteiger partial charge < -0.3 is 10.2 Å². The molecule has 3 aromatic carbocycles. The number of nitrogens with zero attached hydrogens (tertiary/aromatic N) is 2. The summed E-state index contributed by atoms with van der Waals surface area (Å²) in [4.78, 5) is 28.1. The van der Waals surface area contributed by atoms with Gasteiger partial charge in [0.25, 0.3) is 10.0 Å². The average molecular weight is 554 g/mol. The van der Waals surface area contributed by atoms with Crippen molar-refractivity contribution in [3.63, 3.8) is 0 Å². The molecule has 0 aromatic heterocycles. The zero-order valence-corrected chi connectivity index (χ0v) is 23.8. The molecule has 7 nitrogen and oxygen atoms in total. The minimum absolute atomic E-state index is 0.0323. The first-order valence-electron chi connectivity index (χ1n) is 12.9. The molecule has 0 bridgehead atoms. The van der Waals surface area contributed by atoms with Crippen molar-refractivity contribution < 1.29 is 22.4 Å². The second-order valence-electron chi connectivity index (χ2n) is 10.1. The van der Waals surface area contributed by atoms with Gasteiger partial charge in [0.2, 0.25) is 11.8 Å². The predicted octanol–water partition coefficient (Wildman–Crippen LogP) is 4.83. The Kier molecular flexibility index (Phi) is 9.86. The number of carbonyl (C=O) groups excluding carboxylic acids is 2. The maximum Gasteiger partial charge on any atom is 0.264 e. The predicted molar refractivity (Wildman–Crippen MR) is 151 cm³/mol. The van der Waals surface area contributed by atoms with Crippen LogP contribution in [0.5, 0.6) is 0 Å². The summed E-state index contributed by atoms with van der Waals surface area (Å²) in [5, 5.41) is 2.81. The number of aryl methyl sites for hydroxylation is 2.